The van der Waals surface area contributed by atoms with Gasteiger partial charge >= 0.3 is 0 Å². The van der Waals surface area contributed by atoms with Crippen molar-refractivity contribution >= 4 is 26.7 Å². The zero-order valence-electron chi connectivity index (χ0n) is 18.9. The lowest BCUT2D eigenvalue weighted by Gasteiger charge is -2.20. The average Bonchev–Trinajstić information content (AvgIpc) is 3.40. The summed E-state index contributed by atoms with van der Waals surface area (Å²) in [6.07, 6.45) is 8.07. The monoisotopic (exact) mass is 426 g/mol. The first-order valence-corrected chi connectivity index (χ1v) is 12.8. The predicted molar refractivity (Wildman–Crippen MR) is 125 cm³/mol. The lowest BCUT2D eigenvalue weighted by Crippen LogP contribution is -2.31. The van der Waals surface area contributed by atoms with Gasteiger partial charge in [0.05, 0.1) is 10.6 Å². The van der Waals surface area contributed by atoms with Crippen LogP contribution in [0.5, 0.6) is 0 Å². The Morgan fingerprint density at radius 3 is 2.53 bits per heavy atom. The smallest absolute Gasteiger partial charge is 0.192 e. The van der Waals surface area contributed by atoms with E-state index in [1.165, 1.54) is 5.56 Å². The molecule has 0 bridgehead atoms. The van der Waals surface area contributed by atoms with Crippen LogP contribution in [0.2, 0.25) is 0 Å². The number of nitrogens with zero attached hydrogens (tertiary/aromatic N) is 1. The lowest BCUT2D eigenvalue weighted by atomic mass is 9.97. The van der Waals surface area contributed by atoms with E-state index in [1.807, 2.05) is 19.1 Å². The summed E-state index contributed by atoms with van der Waals surface area (Å²) < 4.78 is 27.3. The Bertz CT molecular complexity index is 1110. The van der Waals surface area contributed by atoms with Gasteiger partial charge in [0.15, 0.2) is 9.84 Å². The van der Waals surface area contributed by atoms with Gasteiger partial charge in [0, 0.05) is 28.9 Å². The zero-order valence-corrected chi connectivity index (χ0v) is 19.7. The summed E-state index contributed by atoms with van der Waals surface area (Å²) in [6.45, 7) is 11.2. The SMILES string of the molecule is C/C=C/c1nc(C2CC2)cc2c(S(=O)(=O)CNCC(C)(C)C)c3c(cc12)CC(C)C3. The van der Waals surface area contributed by atoms with E-state index in [9.17, 15) is 8.42 Å². The molecule has 0 radical (unpaired) electrons. The number of pyridine rings is 1. The van der Waals surface area contributed by atoms with Crippen LogP contribution in [-0.2, 0) is 22.7 Å². The maximum Gasteiger partial charge on any atom is 0.192 e. The molecule has 1 N–H and O–H groups in total. The Kier molecular flexibility index (Phi) is 5.56. The number of rotatable bonds is 6. The molecule has 1 aromatic heterocycles. The molecule has 4 nitrogen and oxygen atoms in total. The molecule has 30 heavy (non-hydrogen) atoms. The standard InChI is InChI=1S/C25H34N2O2S/c1-6-7-22-20-12-18-10-16(2)11-19(18)24(21(20)13-23(27-22)17-8-9-17)30(28,29)15-26-14-25(3,4)5/h6-7,12-13,16-17,26H,8-11,14-15H2,1-5H3/b7-6+. The van der Waals surface area contributed by atoms with E-state index in [2.05, 4.69) is 45.1 Å². The average molecular weight is 427 g/mol. The second-order valence-electron chi connectivity index (χ2n) is 10.4. The number of allylic oxidation sites excluding steroid dienone is 1. The molecule has 1 saturated carbocycles. The van der Waals surface area contributed by atoms with Gasteiger partial charge < -0.3 is 5.32 Å². The molecule has 2 aromatic rings. The van der Waals surface area contributed by atoms with E-state index in [4.69, 9.17) is 4.98 Å². The number of fused-ring (bicyclic) bond motifs is 2. The van der Waals surface area contributed by atoms with Gasteiger partial charge in [-0.1, -0.05) is 33.8 Å². The van der Waals surface area contributed by atoms with E-state index in [0.29, 0.717) is 23.3 Å². The third kappa shape index (κ3) is 4.33. The van der Waals surface area contributed by atoms with Gasteiger partial charge in [-0.2, -0.15) is 0 Å². The van der Waals surface area contributed by atoms with E-state index >= 15 is 0 Å². The molecule has 1 unspecified atom stereocenters. The van der Waals surface area contributed by atoms with Crippen LogP contribution in [0.1, 0.15) is 75.9 Å². The van der Waals surface area contributed by atoms with Crippen molar-refractivity contribution in [3.05, 3.63) is 40.7 Å². The summed E-state index contributed by atoms with van der Waals surface area (Å²) in [7, 11) is -3.47. The fourth-order valence-electron chi connectivity index (χ4n) is 4.57. The van der Waals surface area contributed by atoms with Gasteiger partial charge in [-0.15, -0.1) is 0 Å². The predicted octanol–water partition coefficient (Wildman–Crippen LogP) is 5.25. The normalized spacial score (nSPS) is 19.7. The quantitative estimate of drug-likeness (QED) is 0.686. The summed E-state index contributed by atoms with van der Waals surface area (Å²) in [4.78, 5) is 5.47. The third-order valence-corrected chi connectivity index (χ3v) is 7.70. The fraction of sp³-hybridized carbons (Fsp3) is 0.560. The fourth-order valence-corrected chi connectivity index (χ4v) is 6.18. The van der Waals surface area contributed by atoms with E-state index < -0.39 is 9.84 Å². The van der Waals surface area contributed by atoms with Crippen LogP contribution in [0.15, 0.2) is 23.1 Å². The highest BCUT2D eigenvalue weighted by molar-refractivity contribution is 7.91. The van der Waals surface area contributed by atoms with Crippen molar-refractivity contribution in [3.8, 4) is 0 Å². The molecule has 2 aliphatic carbocycles. The second kappa shape index (κ2) is 7.76. The van der Waals surface area contributed by atoms with Crippen molar-refractivity contribution in [3.63, 3.8) is 0 Å². The van der Waals surface area contributed by atoms with E-state index in [-0.39, 0.29) is 11.3 Å². The van der Waals surface area contributed by atoms with Crippen LogP contribution in [-0.4, -0.2) is 25.8 Å². The molecule has 0 saturated heterocycles. The number of aromatic nitrogens is 1. The molecule has 5 heteroatoms. The van der Waals surface area contributed by atoms with Gasteiger partial charge in [0.1, 0.15) is 5.88 Å². The highest BCUT2D eigenvalue weighted by Crippen LogP contribution is 2.43. The third-order valence-electron chi connectivity index (χ3n) is 6.03. The molecule has 162 valence electrons. The molecular formula is C25H34N2O2S. The van der Waals surface area contributed by atoms with Crippen LogP contribution < -0.4 is 5.32 Å². The molecule has 1 fully saturated rings. The van der Waals surface area contributed by atoms with Gasteiger partial charge in [-0.05, 0) is 73.3 Å². The summed E-state index contributed by atoms with van der Waals surface area (Å²) in [6, 6.07) is 4.27. The van der Waals surface area contributed by atoms with Gasteiger partial charge in [0.25, 0.3) is 0 Å². The van der Waals surface area contributed by atoms with Crippen LogP contribution in [0.3, 0.4) is 0 Å². The molecule has 1 aromatic carbocycles. The molecule has 1 heterocycles. The second-order valence-corrected chi connectivity index (χ2v) is 12.3. The number of nitrogens with one attached hydrogen (secondary N) is 1. The van der Waals surface area contributed by atoms with Crippen molar-refractivity contribution in [1.82, 2.24) is 10.3 Å². The van der Waals surface area contributed by atoms with Crippen LogP contribution in [0.25, 0.3) is 16.8 Å². The maximum absolute atomic E-state index is 13.7. The van der Waals surface area contributed by atoms with Crippen molar-refractivity contribution in [2.45, 2.75) is 71.1 Å². The Hall–Kier alpha value is -1.72. The minimum Gasteiger partial charge on any atom is -0.303 e. The topological polar surface area (TPSA) is 59.1 Å². The highest BCUT2D eigenvalue weighted by atomic mass is 32.2. The Morgan fingerprint density at radius 1 is 1.17 bits per heavy atom. The summed E-state index contributed by atoms with van der Waals surface area (Å²) in [5.74, 6) is 0.916. The van der Waals surface area contributed by atoms with Gasteiger partial charge in [-0.3, -0.25) is 4.98 Å². The van der Waals surface area contributed by atoms with Crippen molar-refractivity contribution in [1.29, 1.82) is 0 Å². The first-order valence-electron chi connectivity index (χ1n) is 11.1. The molecule has 0 spiro atoms. The number of hydrogen-bond donors (Lipinski definition) is 1. The summed E-state index contributed by atoms with van der Waals surface area (Å²) >= 11 is 0. The number of sulfone groups is 1. The molecular weight excluding hydrogens is 392 g/mol. The molecule has 1 atom stereocenters. The minimum absolute atomic E-state index is 0.0236. The van der Waals surface area contributed by atoms with Crippen LogP contribution in [0.4, 0.5) is 0 Å². The summed E-state index contributed by atoms with van der Waals surface area (Å²) in [5.41, 5.74) is 4.19. The number of hydrogen-bond acceptors (Lipinski definition) is 4. The van der Waals surface area contributed by atoms with Crippen molar-refractivity contribution < 1.29 is 8.42 Å². The Balaban J connectivity index is 1.91. The van der Waals surface area contributed by atoms with Crippen LogP contribution >= 0.6 is 0 Å². The lowest BCUT2D eigenvalue weighted by molar-refractivity contribution is 0.390. The Morgan fingerprint density at radius 2 is 1.90 bits per heavy atom. The molecule has 4 rings (SSSR count). The molecule has 0 aliphatic heterocycles. The molecule has 2 aliphatic rings. The van der Waals surface area contributed by atoms with E-state index in [1.54, 1.807) is 0 Å². The summed E-state index contributed by atoms with van der Waals surface area (Å²) in [5, 5.41) is 5.04. The number of benzene rings is 1. The van der Waals surface area contributed by atoms with Crippen molar-refractivity contribution in [2.24, 2.45) is 11.3 Å². The largest absolute Gasteiger partial charge is 0.303 e. The van der Waals surface area contributed by atoms with Crippen LogP contribution in [0, 0.1) is 11.3 Å². The van der Waals surface area contributed by atoms with E-state index in [0.717, 1.165) is 53.4 Å². The molecule has 0 amide bonds. The van der Waals surface area contributed by atoms with Crippen molar-refractivity contribution in [2.75, 3.05) is 12.4 Å². The zero-order chi connectivity index (χ0) is 21.7. The first-order chi connectivity index (χ1) is 14.1. The minimum atomic E-state index is -3.47. The highest BCUT2D eigenvalue weighted by Gasteiger charge is 2.32. The Labute approximate surface area is 181 Å². The first kappa shape index (κ1) is 21.5. The van der Waals surface area contributed by atoms with Gasteiger partial charge in [0.2, 0.25) is 0 Å². The van der Waals surface area contributed by atoms with Gasteiger partial charge in [-0.25, -0.2) is 8.42 Å². The maximum atomic E-state index is 13.7.